The van der Waals surface area contributed by atoms with Crippen LogP contribution in [0.1, 0.15) is 33.6 Å². The van der Waals surface area contributed by atoms with E-state index in [9.17, 15) is 9.59 Å². The zero-order valence-electron chi connectivity index (χ0n) is 17.9. The van der Waals surface area contributed by atoms with Crippen LogP contribution in [0, 0.1) is 0 Å². The molecule has 2 aliphatic heterocycles. The summed E-state index contributed by atoms with van der Waals surface area (Å²) in [6, 6.07) is 15.5. The molecule has 2 aliphatic rings. The fourth-order valence-corrected chi connectivity index (χ4v) is 4.51. The number of hydrogen-bond donors (Lipinski definition) is 1. The molecule has 2 fully saturated rings. The van der Waals surface area contributed by atoms with Gasteiger partial charge in [-0.25, -0.2) is 0 Å². The van der Waals surface area contributed by atoms with Gasteiger partial charge in [0.2, 0.25) is 0 Å². The van der Waals surface area contributed by atoms with Crippen molar-refractivity contribution in [2.45, 2.75) is 18.9 Å². The molecule has 7 heteroatoms. The van der Waals surface area contributed by atoms with E-state index in [1.165, 1.54) is 0 Å². The topological polar surface area (TPSA) is 55.9 Å². The van der Waals surface area contributed by atoms with Crippen molar-refractivity contribution < 1.29 is 9.59 Å². The van der Waals surface area contributed by atoms with Crippen molar-refractivity contribution in [1.29, 1.82) is 0 Å². The Morgan fingerprint density at radius 1 is 0.903 bits per heavy atom. The Bertz CT molecular complexity index is 917. The van der Waals surface area contributed by atoms with E-state index in [1.54, 1.807) is 0 Å². The molecule has 0 aliphatic carbocycles. The Balaban J connectivity index is 1.37. The highest BCUT2D eigenvalue weighted by molar-refractivity contribution is 9.10. The highest BCUT2D eigenvalue weighted by Gasteiger charge is 2.27. The van der Waals surface area contributed by atoms with E-state index >= 15 is 0 Å². The molecule has 0 unspecified atom stereocenters. The first-order valence-corrected chi connectivity index (χ1v) is 11.7. The SMILES string of the molecule is CN1CCN(C(=O)c2ccccc2N2CCC(NC(=O)c3ccc(Br)cc3)CC2)CC1. The normalized spacial score (nSPS) is 18.1. The summed E-state index contributed by atoms with van der Waals surface area (Å²) in [5, 5.41) is 3.16. The molecule has 0 bridgehead atoms. The van der Waals surface area contributed by atoms with Gasteiger partial charge in [-0.15, -0.1) is 0 Å². The summed E-state index contributed by atoms with van der Waals surface area (Å²) in [6.45, 7) is 5.01. The average molecular weight is 485 g/mol. The molecular weight excluding hydrogens is 456 g/mol. The average Bonchev–Trinajstić information content (AvgIpc) is 2.80. The molecule has 0 aromatic heterocycles. The smallest absolute Gasteiger partial charge is 0.256 e. The molecule has 0 saturated carbocycles. The molecule has 31 heavy (non-hydrogen) atoms. The summed E-state index contributed by atoms with van der Waals surface area (Å²) in [7, 11) is 2.09. The number of nitrogens with one attached hydrogen (secondary N) is 1. The van der Waals surface area contributed by atoms with Gasteiger partial charge in [0, 0.05) is 61.0 Å². The van der Waals surface area contributed by atoms with Gasteiger partial charge in [-0.05, 0) is 56.3 Å². The largest absolute Gasteiger partial charge is 0.371 e. The van der Waals surface area contributed by atoms with E-state index in [1.807, 2.05) is 53.4 Å². The molecule has 4 rings (SSSR count). The lowest BCUT2D eigenvalue weighted by Gasteiger charge is -2.36. The van der Waals surface area contributed by atoms with Crippen LogP contribution in [0.2, 0.25) is 0 Å². The summed E-state index contributed by atoms with van der Waals surface area (Å²) >= 11 is 3.40. The molecule has 0 atom stereocenters. The van der Waals surface area contributed by atoms with Crippen molar-refractivity contribution in [3.8, 4) is 0 Å². The number of rotatable bonds is 4. The van der Waals surface area contributed by atoms with Gasteiger partial charge in [0.25, 0.3) is 11.8 Å². The second kappa shape index (κ2) is 9.83. The van der Waals surface area contributed by atoms with E-state index < -0.39 is 0 Å². The Morgan fingerprint density at radius 3 is 2.23 bits per heavy atom. The molecule has 0 radical (unpaired) electrons. The second-order valence-corrected chi connectivity index (χ2v) is 9.27. The maximum atomic E-state index is 13.2. The Hall–Kier alpha value is -2.38. The van der Waals surface area contributed by atoms with Gasteiger partial charge in [-0.1, -0.05) is 28.1 Å². The van der Waals surface area contributed by atoms with Gasteiger partial charge in [-0.2, -0.15) is 0 Å². The number of halogens is 1. The number of piperidine rings is 1. The summed E-state index contributed by atoms with van der Waals surface area (Å²) < 4.78 is 0.960. The predicted molar refractivity (Wildman–Crippen MR) is 127 cm³/mol. The van der Waals surface area contributed by atoms with Crippen molar-refractivity contribution in [3.05, 3.63) is 64.1 Å². The van der Waals surface area contributed by atoms with Crippen LogP contribution >= 0.6 is 15.9 Å². The van der Waals surface area contributed by atoms with Crippen molar-refractivity contribution >= 4 is 33.4 Å². The van der Waals surface area contributed by atoms with Crippen LogP contribution in [0.4, 0.5) is 5.69 Å². The third-order valence-corrected chi connectivity index (χ3v) is 6.73. The lowest BCUT2D eigenvalue weighted by molar-refractivity contribution is 0.0664. The number of likely N-dealkylation sites (N-methyl/N-ethyl adjacent to an activating group) is 1. The maximum absolute atomic E-state index is 13.2. The quantitative estimate of drug-likeness (QED) is 0.723. The number of piperazine rings is 1. The van der Waals surface area contributed by atoms with Crippen LogP contribution in [-0.2, 0) is 0 Å². The minimum Gasteiger partial charge on any atom is -0.371 e. The van der Waals surface area contributed by atoms with Crippen LogP contribution in [0.25, 0.3) is 0 Å². The summed E-state index contributed by atoms with van der Waals surface area (Å²) in [5.74, 6) is 0.0889. The van der Waals surface area contributed by atoms with Crippen molar-refractivity contribution in [3.63, 3.8) is 0 Å². The lowest BCUT2D eigenvalue weighted by atomic mass is 10.0. The van der Waals surface area contributed by atoms with E-state index in [-0.39, 0.29) is 17.9 Å². The Kier molecular flexibility index (Phi) is 6.92. The van der Waals surface area contributed by atoms with Crippen LogP contribution in [0.15, 0.2) is 53.0 Å². The zero-order valence-corrected chi connectivity index (χ0v) is 19.5. The van der Waals surface area contributed by atoms with Crippen molar-refractivity contribution in [2.75, 3.05) is 51.2 Å². The van der Waals surface area contributed by atoms with E-state index in [2.05, 4.69) is 38.1 Å². The molecular formula is C24H29BrN4O2. The van der Waals surface area contributed by atoms with Gasteiger partial charge in [0.15, 0.2) is 0 Å². The van der Waals surface area contributed by atoms with E-state index in [0.717, 1.165) is 67.8 Å². The number of hydrogen-bond acceptors (Lipinski definition) is 4. The first kappa shape index (κ1) is 21.8. The predicted octanol–water partition coefficient (Wildman–Crippen LogP) is 3.24. The van der Waals surface area contributed by atoms with E-state index in [0.29, 0.717) is 5.56 Å². The van der Waals surface area contributed by atoms with Gasteiger partial charge >= 0.3 is 0 Å². The molecule has 1 N–H and O–H groups in total. The number of amides is 2. The number of nitrogens with zero attached hydrogens (tertiary/aromatic N) is 3. The van der Waals surface area contributed by atoms with Crippen molar-refractivity contribution in [2.24, 2.45) is 0 Å². The maximum Gasteiger partial charge on any atom is 0.256 e. The molecule has 0 spiro atoms. The molecule has 2 saturated heterocycles. The van der Waals surface area contributed by atoms with Crippen molar-refractivity contribution in [1.82, 2.24) is 15.1 Å². The van der Waals surface area contributed by atoms with Crippen LogP contribution < -0.4 is 10.2 Å². The van der Waals surface area contributed by atoms with Crippen LogP contribution in [0.3, 0.4) is 0 Å². The Labute approximate surface area is 192 Å². The number of para-hydroxylation sites is 1. The highest BCUT2D eigenvalue weighted by Crippen LogP contribution is 2.26. The molecule has 2 aromatic rings. The van der Waals surface area contributed by atoms with Gasteiger partial charge in [-0.3, -0.25) is 9.59 Å². The second-order valence-electron chi connectivity index (χ2n) is 8.35. The molecule has 6 nitrogen and oxygen atoms in total. The number of carbonyl (C=O) groups is 2. The summed E-state index contributed by atoms with van der Waals surface area (Å²) in [6.07, 6.45) is 1.72. The summed E-state index contributed by atoms with van der Waals surface area (Å²) in [5.41, 5.74) is 2.46. The number of benzene rings is 2. The minimum absolute atomic E-state index is 0.0309. The fourth-order valence-electron chi connectivity index (χ4n) is 4.24. The van der Waals surface area contributed by atoms with Crippen LogP contribution in [0.5, 0.6) is 0 Å². The molecule has 2 amide bonds. The van der Waals surface area contributed by atoms with Gasteiger partial charge < -0.3 is 20.0 Å². The Morgan fingerprint density at radius 2 is 1.55 bits per heavy atom. The fraction of sp³-hybridized carbons (Fsp3) is 0.417. The third-order valence-electron chi connectivity index (χ3n) is 6.20. The highest BCUT2D eigenvalue weighted by atomic mass is 79.9. The molecule has 164 valence electrons. The number of anilines is 1. The lowest BCUT2D eigenvalue weighted by Crippen LogP contribution is -2.48. The van der Waals surface area contributed by atoms with Gasteiger partial charge in [0.05, 0.1) is 5.56 Å². The van der Waals surface area contributed by atoms with Crippen LogP contribution in [-0.4, -0.2) is 74.0 Å². The first-order valence-electron chi connectivity index (χ1n) is 10.9. The minimum atomic E-state index is -0.0309. The first-order chi connectivity index (χ1) is 15.0. The summed E-state index contributed by atoms with van der Waals surface area (Å²) in [4.78, 5) is 32.2. The zero-order chi connectivity index (χ0) is 21.8. The monoisotopic (exact) mass is 484 g/mol. The molecule has 2 heterocycles. The molecule has 2 aromatic carbocycles. The van der Waals surface area contributed by atoms with Gasteiger partial charge in [0.1, 0.15) is 0 Å². The standard InChI is InChI=1S/C24H29BrN4O2/c1-27-14-16-29(17-15-27)24(31)21-4-2-3-5-22(21)28-12-10-20(11-13-28)26-23(30)18-6-8-19(25)9-7-18/h2-9,20H,10-17H2,1H3,(H,26,30). The number of carbonyl (C=O) groups excluding carboxylic acids is 2. The third kappa shape index (κ3) is 5.28. The van der Waals surface area contributed by atoms with E-state index in [4.69, 9.17) is 0 Å².